The predicted molar refractivity (Wildman–Crippen MR) is 68.6 cm³/mol. The fourth-order valence-electron chi connectivity index (χ4n) is 1.76. The molecule has 6 nitrogen and oxygen atoms in total. The van der Waals surface area contributed by atoms with Gasteiger partial charge in [-0.2, -0.15) is 5.26 Å². The minimum absolute atomic E-state index is 0.0335. The molecule has 2 N–H and O–H groups in total. The second-order valence-electron chi connectivity index (χ2n) is 5.64. The van der Waals surface area contributed by atoms with Crippen molar-refractivity contribution in [2.24, 2.45) is 0 Å². The zero-order valence-electron chi connectivity index (χ0n) is 10.9. The van der Waals surface area contributed by atoms with Crippen LogP contribution in [0.15, 0.2) is 0 Å². The van der Waals surface area contributed by atoms with Crippen LogP contribution in [0.3, 0.4) is 0 Å². The monoisotopic (exact) mass is 269 g/mol. The fourth-order valence-corrected chi connectivity index (χ4v) is 3.36. The number of amides is 2. The molecular weight excluding hydrogens is 250 g/mol. The Morgan fingerprint density at radius 3 is 2.39 bits per heavy atom. The van der Waals surface area contributed by atoms with E-state index in [9.17, 15) is 9.59 Å². The summed E-state index contributed by atoms with van der Waals surface area (Å²) in [5, 5.41) is 19.9. The molecule has 0 heterocycles. The molecule has 1 aliphatic rings. The number of nitrogens with one attached hydrogen (secondary N) is 1. The Kier molecular flexibility index (Phi) is 4.35. The average molecular weight is 269 g/mol. The van der Waals surface area contributed by atoms with E-state index in [2.05, 4.69) is 5.32 Å². The lowest BCUT2D eigenvalue weighted by Gasteiger charge is -2.30. The van der Waals surface area contributed by atoms with Crippen LogP contribution in [0.4, 0.5) is 4.79 Å². The van der Waals surface area contributed by atoms with Crippen LogP contribution in [0, 0.1) is 11.5 Å². The van der Waals surface area contributed by atoms with Crippen LogP contribution in [-0.2, 0) is 4.79 Å². The number of hydrogen-bond acceptors (Lipinski definition) is 3. The van der Waals surface area contributed by atoms with Crippen molar-refractivity contribution < 1.29 is 14.7 Å². The van der Waals surface area contributed by atoms with Gasteiger partial charge in [0.2, 0.25) is 5.91 Å². The van der Waals surface area contributed by atoms with Gasteiger partial charge in [0.15, 0.2) is 6.19 Å². The van der Waals surface area contributed by atoms with Gasteiger partial charge in [-0.05, 0) is 12.8 Å². The quantitative estimate of drug-likeness (QED) is 0.448. The van der Waals surface area contributed by atoms with E-state index in [-0.39, 0.29) is 18.5 Å². The second-order valence-corrected chi connectivity index (χ2v) is 11.1. The molecule has 0 radical (unpaired) electrons. The zero-order chi connectivity index (χ0) is 13.9. The minimum atomic E-state index is -1.88. The summed E-state index contributed by atoms with van der Waals surface area (Å²) < 4.78 is 0. The summed E-state index contributed by atoms with van der Waals surface area (Å²) >= 11 is 0. The van der Waals surface area contributed by atoms with Gasteiger partial charge in [-0.1, -0.05) is 19.6 Å². The smallest absolute Gasteiger partial charge is 0.404 e. The third-order valence-corrected chi connectivity index (χ3v) is 5.60. The molecule has 1 saturated carbocycles. The van der Waals surface area contributed by atoms with E-state index in [4.69, 9.17) is 10.4 Å². The first-order valence-electron chi connectivity index (χ1n) is 5.97. The number of carboxylic acid groups (broad SMARTS) is 1. The van der Waals surface area contributed by atoms with Crippen LogP contribution in [0.5, 0.6) is 0 Å². The van der Waals surface area contributed by atoms with Crippen LogP contribution < -0.4 is 5.32 Å². The van der Waals surface area contributed by atoms with Crippen LogP contribution in [-0.4, -0.2) is 42.7 Å². The van der Waals surface area contributed by atoms with Gasteiger partial charge < -0.3 is 10.4 Å². The highest BCUT2D eigenvalue weighted by Crippen LogP contribution is 2.31. The highest BCUT2D eigenvalue weighted by molar-refractivity contribution is 6.80. The summed E-state index contributed by atoms with van der Waals surface area (Å²) in [7, 11) is -1.88. The van der Waals surface area contributed by atoms with Gasteiger partial charge in [0.1, 0.15) is 0 Å². The SMILES string of the molecule is C[Si](C)(C)[C@H](CNC(=O)O)C(=O)N(C#N)C1CC1. The molecule has 0 aromatic carbocycles. The van der Waals surface area contributed by atoms with Gasteiger partial charge in [-0.25, -0.2) is 9.69 Å². The van der Waals surface area contributed by atoms with Crippen LogP contribution in [0.25, 0.3) is 0 Å². The molecule has 18 heavy (non-hydrogen) atoms. The minimum Gasteiger partial charge on any atom is -0.465 e. The predicted octanol–water partition coefficient (Wildman–Crippen LogP) is 1.43. The van der Waals surface area contributed by atoms with Crippen molar-refractivity contribution in [1.82, 2.24) is 10.2 Å². The first kappa shape index (κ1) is 14.5. The van der Waals surface area contributed by atoms with E-state index in [1.165, 1.54) is 4.90 Å². The van der Waals surface area contributed by atoms with Crippen LogP contribution in [0.1, 0.15) is 12.8 Å². The normalized spacial score (nSPS) is 16.6. The highest BCUT2D eigenvalue weighted by Gasteiger charge is 2.41. The number of hydrogen-bond donors (Lipinski definition) is 2. The Bertz CT molecular complexity index is 382. The Labute approximate surface area is 108 Å². The third-order valence-electron chi connectivity index (χ3n) is 3.06. The van der Waals surface area contributed by atoms with Gasteiger partial charge in [0.25, 0.3) is 0 Å². The summed E-state index contributed by atoms with van der Waals surface area (Å²) in [6.07, 6.45) is 2.53. The van der Waals surface area contributed by atoms with Crippen molar-refractivity contribution in [3.05, 3.63) is 0 Å². The highest BCUT2D eigenvalue weighted by atomic mass is 28.3. The topological polar surface area (TPSA) is 93.4 Å². The fraction of sp³-hybridized carbons (Fsp3) is 0.727. The number of carbonyl (C=O) groups excluding carboxylic acids is 1. The van der Waals surface area contributed by atoms with Crippen LogP contribution in [0.2, 0.25) is 25.2 Å². The number of nitriles is 1. The zero-order valence-corrected chi connectivity index (χ0v) is 11.9. The molecule has 0 aliphatic heterocycles. The Morgan fingerprint density at radius 1 is 1.50 bits per heavy atom. The molecule has 1 atom stereocenters. The van der Waals surface area contributed by atoms with Crippen molar-refractivity contribution in [3.8, 4) is 6.19 Å². The average Bonchev–Trinajstić information content (AvgIpc) is 3.00. The molecular formula is C11H19N3O3Si. The van der Waals surface area contributed by atoms with E-state index >= 15 is 0 Å². The number of nitrogens with zero attached hydrogens (tertiary/aromatic N) is 2. The maximum atomic E-state index is 12.3. The van der Waals surface area contributed by atoms with E-state index in [0.717, 1.165) is 12.8 Å². The van der Waals surface area contributed by atoms with Crippen molar-refractivity contribution in [2.45, 2.75) is 44.1 Å². The van der Waals surface area contributed by atoms with Gasteiger partial charge in [-0.3, -0.25) is 4.79 Å². The molecule has 100 valence electrons. The van der Waals surface area contributed by atoms with E-state index in [1.54, 1.807) is 0 Å². The van der Waals surface area contributed by atoms with Crippen molar-refractivity contribution >= 4 is 20.1 Å². The molecule has 0 aromatic heterocycles. The first-order valence-corrected chi connectivity index (χ1v) is 9.54. The standard InChI is InChI=1S/C11H19N3O3Si/c1-18(2,3)9(6-13-11(16)17)10(15)14(7-12)8-4-5-8/h8-9,13H,4-6H2,1-3H3,(H,16,17)/t9-/m1/s1. The first-order chi connectivity index (χ1) is 8.27. The Hall–Kier alpha value is -1.55. The second kappa shape index (κ2) is 5.39. The van der Waals surface area contributed by atoms with Crippen molar-refractivity contribution in [2.75, 3.05) is 6.54 Å². The van der Waals surface area contributed by atoms with Gasteiger partial charge in [0.05, 0.1) is 13.6 Å². The molecule has 7 heteroatoms. The van der Waals surface area contributed by atoms with Gasteiger partial charge in [-0.15, -0.1) is 0 Å². The number of rotatable bonds is 5. The maximum Gasteiger partial charge on any atom is 0.404 e. The van der Waals surface area contributed by atoms with E-state index < -0.39 is 19.7 Å². The summed E-state index contributed by atoms with van der Waals surface area (Å²) in [4.78, 5) is 24.1. The number of carbonyl (C=O) groups is 2. The van der Waals surface area contributed by atoms with Crippen LogP contribution >= 0.6 is 0 Å². The summed E-state index contributed by atoms with van der Waals surface area (Å²) in [5.41, 5.74) is -0.395. The third kappa shape index (κ3) is 3.73. The molecule has 1 rings (SSSR count). The summed E-state index contributed by atoms with van der Waals surface area (Å²) in [5.74, 6) is -0.229. The van der Waals surface area contributed by atoms with E-state index in [1.807, 2.05) is 25.8 Å². The summed E-state index contributed by atoms with van der Waals surface area (Å²) in [6, 6.07) is 0.0335. The maximum absolute atomic E-state index is 12.3. The molecule has 1 fully saturated rings. The molecule has 0 saturated heterocycles. The van der Waals surface area contributed by atoms with Gasteiger partial charge >= 0.3 is 6.09 Å². The van der Waals surface area contributed by atoms with Gasteiger partial charge in [0, 0.05) is 12.6 Å². The molecule has 0 spiro atoms. The Morgan fingerprint density at radius 2 is 2.06 bits per heavy atom. The molecule has 1 aliphatic carbocycles. The molecule has 0 bridgehead atoms. The van der Waals surface area contributed by atoms with Crippen molar-refractivity contribution in [3.63, 3.8) is 0 Å². The largest absolute Gasteiger partial charge is 0.465 e. The lowest BCUT2D eigenvalue weighted by Crippen LogP contribution is -2.47. The van der Waals surface area contributed by atoms with Crippen molar-refractivity contribution in [1.29, 1.82) is 5.26 Å². The van der Waals surface area contributed by atoms with E-state index in [0.29, 0.717) is 0 Å². The molecule has 0 unspecified atom stereocenters. The molecule has 0 aromatic rings. The molecule has 2 amide bonds. The lowest BCUT2D eigenvalue weighted by atomic mass is 10.3. The lowest BCUT2D eigenvalue weighted by molar-refractivity contribution is -0.128. The summed E-state index contributed by atoms with van der Waals surface area (Å²) in [6.45, 7) is 6.10. The Balaban J connectivity index is 2.78.